The maximum Gasteiger partial charge on any atom is 0.159 e. The lowest BCUT2D eigenvalue weighted by atomic mass is 10.1. The van der Waals surface area contributed by atoms with Crippen molar-refractivity contribution < 1.29 is 4.52 Å². The van der Waals surface area contributed by atoms with Gasteiger partial charge in [-0.15, -0.1) is 0 Å². The third-order valence-electron chi connectivity index (χ3n) is 2.99. The minimum Gasteiger partial charge on any atom is -0.394 e. The molecule has 92 valence electrons. The molecule has 1 rings (SSSR count). The van der Waals surface area contributed by atoms with E-state index in [1.165, 1.54) is 38.5 Å². The number of nitrogens with two attached hydrogens (primary N) is 1. The second kappa shape index (κ2) is 7.31. The van der Waals surface area contributed by atoms with Gasteiger partial charge in [0, 0.05) is 6.42 Å². The van der Waals surface area contributed by atoms with Gasteiger partial charge in [0.2, 0.25) is 0 Å². The molecule has 1 heterocycles. The molecule has 0 saturated carbocycles. The van der Waals surface area contributed by atoms with E-state index in [2.05, 4.69) is 12.1 Å². The summed E-state index contributed by atoms with van der Waals surface area (Å²) in [7, 11) is 0. The van der Waals surface area contributed by atoms with Crippen molar-refractivity contribution in [3.63, 3.8) is 0 Å². The zero-order chi connectivity index (χ0) is 11.8. The average molecular weight is 224 g/mol. The lowest BCUT2D eigenvalue weighted by molar-refractivity contribution is 0.375. The van der Waals surface area contributed by atoms with Crippen molar-refractivity contribution in [3.8, 4) is 0 Å². The molecular formula is C13H24N2O. The van der Waals surface area contributed by atoms with Gasteiger partial charge in [-0.05, 0) is 13.3 Å². The van der Waals surface area contributed by atoms with Gasteiger partial charge in [-0.1, -0.05) is 50.6 Å². The summed E-state index contributed by atoms with van der Waals surface area (Å²) in [5.41, 5.74) is 7.39. The number of aromatic nitrogens is 1. The predicted molar refractivity (Wildman–Crippen MR) is 67.3 cm³/mol. The van der Waals surface area contributed by atoms with Gasteiger partial charge in [0.1, 0.15) is 5.69 Å². The van der Waals surface area contributed by atoms with Crippen molar-refractivity contribution in [1.82, 2.24) is 5.16 Å². The minimum absolute atomic E-state index is 0.742. The molecule has 0 aliphatic carbocycles. The molecule has 1 aromatic rings. The number of rotatable bonds is 8. The predicted octanol–water partition coefficient (Wildman–Crippen LogP) is 3.86. The fourth-order valence-corrected chi connectivity index (χ4v) is 1.85. The topological polar surface area (TPSA) is 52.0 Å². The van der Waals surface area contributed by atoms with E-state index in [4.69, 9.17) is 10.3 Å². The standard InChI is InChI=1S/C13H24N2O/c1-3-4-5-6-7-8-9-10-12-13(14)11(2)15-16-12/h3-10,14H2,1-2H3. The quantitative estimate of drug-likeness (QED) is 0.682. The monoisotopic (exact) mass is 224 g/mol. The van der Waals surface area contributed by atoms with Gasteiger partial charge >= 0.3 is 0 Å². The molecule has 0 unspecified atom stereocenters. The normalized spacial score (nSPS) is 10.9. The van der Waals surface area contributed by atoms with Gasteiger partial charge in [-0.25, -0.2) is 0 Å². The van der Waals surface area contributed by atoms with Gasteiger partial charge in [0.15, 0.2) is 5.76 Å². The van der Waals surface area contributed by atoms with Gasteiger partial charge in [-0.2, -0.15) is 0 Å². The first-order valence-corrected chi connectivity index (χ1v) is 6.46. The average Bonchev–Trinajstić information content (AvgIpc) is 2.59. The Hall–Kier alpha value is -0.990. The van der Waals surface area contributed by atoms with Crippen molar-refractivity contribution in [2.24, 2.45) is 0 Å². The Balaban J connectivity index is 2.05. The summed E-state index contributed by atoms with van der Waals surface area (Å²) in [5, 5.41) is 3.86. The van der Waals surface area contributed by atoms with E-state index in [9.17, 15) is 0 Å². The molecule has 0 amide bonds. The fraction of sp³-hybridized carbons (Fsp3) is 0.769. The van der Waals surface area contributed by atoms with Crippen LogP contribution in [-0.4, -0.2) is 5.16 Å². The number of hydrogen-bond donors (Lipinski definition) is 1. The van der Waals surface area contributed by atoms with Crippen LogP contribution in [0.3, 0.4) is 0 Å². The third-order valence-corrected chi connectivity index (χ3v) is 2.99. The second-order valence-corrected chi connectivity index (χ2v) is 4.48. The lowest BCUT2D eigenvalue weighted by Gasteiger charge is -2.00. The molecule has 0 aliphatic rings. The number of unbranched alkanes of at least 4 members (excludes halogenated alkanes) is 6. The second-order valence-electron chi connectivity index (χ2n) is 4.48. The summed E-state index contributed by atoms with van der Waals surface area (Å²) in [6.45, 7) is 4.13. The molecule has 0 radical (unpaired) electrons. The van der Waals surface area contributed by atoms with E-state index in [-0.39, 0.29) is 0 Å². The molecule has 0 atom stereocenters. The molecule has 0 saturated heterocycles. The summed E-state index contributed by atoms with van der Waals surface area (Å²) in [6.07, 6.45) is 10.1. The molecule has 0 fully saturated rings. The Morgan fingerprint density at radius 1 is 1.06 bits per heavy atom. The maximum absolute atomic E-state index is 5.83. The molecule has 1 aromatic heterocycles. The number of anilines is 1. The highest BCUT2D eigenvalue weighted by molar-refractivity contribution is 5.45. The van der Waals surface area contributed by atoms with Crippen LogP contribution in [0.5, 0.6) is 0 Å². The van der Waals surface area contributed by atoms with Crippen LogP contribution in [0.15, 0.2) is 4.52 Å². The summed E-state index contributed by atoms with van der Waals surface area (Å²) >= 11 is 0. The first-order chi connectivity index (χ1) is 7.75. The first kappa shape index (κ1) is 13.1. The smallest absolute Gasteiger partial charge is 0.159 e. The van der Waals surface area contributed by atoms with E-state index in [1.807, 2.05) is 6.92 Å². The maximum atomic E-state index is 5.83. The molecule has 3 nitrogen and oxygen atoms in total. The van der Waals surface area contributed by atoms with Crippen molar-refractivity contribution in [1.29, 1.82) is 0 Å². The number of nitrogens with zero attached hydrogens (tertiary/aromatic N) is 1. The van der Waals surface area contributed by atoms with Gasteiger partial charge in [0.25, 0.3) is 0 Å². The highest BCUT2D eigenvalue weighted by Crippen LogP contribution is 2.18. The van der Waals surface area contributed by atoms with Crippen molar-refractivity contribution >= 4 is 5.69 Å². The number of nitrogen functional groups attached to an aromatic ring is 1. The van der Waals surface area contributed by atoms with Crippen molar-refractivity contribution in [3.05, 3.63) is 11.5 Å². The van der Waals surface area contributed by atoms with E-state index < -0.39 is 0 Å². The Labute approximate surface area is 98.4 Å². The van der Waals surface area contributed by atoms with Gasteiger partial charge in [-0.3, -0.25) is 0 Å². The third kappa shape index (κ3) is 4.25. The van der Waals surface area contributed by atoms with Gasteiger partial charge in [0.05, 0.1) is 5.69 Å². The van der Waals surface area contributed by atoms with Crippen LogP contribution in [0.2, 0.25) is 0 Å². The summed E-state index contributed by atoms with van der Waals surface area (Å²) in [5.74, 6) is 0.867. The van der Waals surface area contributed by atoms with Crippen molar-refractivity contribution in [2.45, 2.75) is 65.2 Å². The Bertz CT molecular complexity index is 294. The highest BCUT2D eigenvalue weighted by atomic mass is 16.5. The lowest BCUT2D eigenvalue weighted by Crippen LogP contribution is -1.92. The van der Waals surface area contributed by atoms with Crippen LogP contribution in [0.1, 0.15) is 63.3 Å². The van der Waals surface area contributed by atoms with Crippen LogP contribution >= 0.6 is 0 Å². The zero-order valence-electron chi connectivity index (χ0n) is 10.6. The molecule has 3 heteroatoms. The minimum atomic E-state index is 0.742. The van der Waals surface area contributed by atoms with E-state index in [1.54, 1.807) is 0 Å². The number of hydrogen-bond acceptors (Lipinski definition) is 3. The molecule has 0 bridgehead atoms. The van der Waals surface area contributed by atoms with Crippen LogP contribution < -0.4 is 5.73 Å². The molecule has 2 N–H and O–H groups in total. The highest BCUT2D eigenvalue weighted by Gasteiger charge is 2.08. The largest absolute Gasteiger partial charge is 0.394 e. The summed E-state index contributed by atoms with van der Waals surface area (Å²) in [6, 6.07) is 0. The molecular weight excluding hydrogens is 200 g/mol. The van der Waals surface area contributed by atoms with E-state index in [0.29, 0.717) is 0 Å². The Morgan fingerprint density at radius 3 is 2.25 bits per heavy atom. The summed E-state index contributed by atoms with van der Waals surface area (Å²) < 4.78 is 5.17. The van der Waals surface area contributed by atoms with Crippen LogP contribution in [0.4, 0.5) is 5.69 Å². The molecule has 16 heavy (non-hydrogen) atoms. The fourth-order valence-electron chi connectivity index (χ4n) is 1.85. The van der Waals surface area contributed by atoms with Crippen molar-refractivity contribution in [2.75, 3.05) is 5.73 Å². The first-order valence-electron chi connectivity index (χ1n) is 6.46. The van der Waals surface area contributed by atoms with Crippen LogP contribution in [-0.2, 0) is 6.42 Å². The molecule has 0 spiro atoms. The Morgan fingerprint density at radius 2 is 1.69 bits per heavy atom. The van der Waals surface area contributed by atoms with Crippen LogP contribution in [0.25, 0.3) is 0 Å². The SMILES string of the molecule is CCCCCCCCCc1onc(C)c1N. The van der Waals surface area contributed by atoms with E-state index in [0.717, 1.165) is 30.0 Å². The van der Waals surface area contributed by atoms with Crippen LogP contribution in [0, 0.1) is 6.92 Å². The molecule has 0 aromatic carbocycles. The van der Waals surface area contributed by atoms with Gasteiger partial charge < -0.3 is 10.3 Å². The Kier molecular flexibility index (Phi) is 5.98. The van der Waals surface area contributed by atoms with E-state index >= 15 is 0 Å². The summed E-state index contributed by atoms with van der Waals surface area (Å²) in [4.78, 5) is 0. The zero-order valence-corrected chi connectivity index (χ0v) is 10.6. The number of aryl methyl sites for hydroxylation is 2. The molecule has 0 aliphatic heterocycles.